The van der Waals surface area contributed by atoms with Gasteiger partial charge in [0.05, 0.1) is 17.6 Å². The van der Waals surface area contributed by atoms with Gasteiger partial charge in [0.15, 0.2) is 9.84 Å². The molecule has 0 radical (unpaired) electrons. The van der Waals surface area contributed by atoms with E-state index in [1.54, 1.807) is 12.1 Å². The predicted octanol–water partition coefficient (Wildman–Crippen LogP) is -0.295. The summed E-state index contributed by atoms with van der Waals surface area (Å²) >= 11 is 0. The molecular weight excluding hydrogens is 242 g/mol. The van der Waals surface area contributed by atoms with Crippen LogP contribution in [0, 0.1) is 0 Å². The fraction of sp³-hybridized carbons (Fsp3) is 0.455. The van der Waals surface area contributed by atoms with Gasteiger partial charge < -0.3 is 15.5 Å². The summed E-state index contributed by atoms with van der Waals surface area (Å²) in [5.41, 5.74) is 0.642. The Bertz CT molecular complexity index is 441. The standard InChI is InChI=1S/C11H17NO4S/c1-17(15,16)10-4-2-9(3-5-10)11(14)8-12-6-7-13/h2-5,11-14H,6-8H2,1H3. The molecule has 5 nitrogen and oxygen atoms in total. The predicted molar refractivity (Wildman–Crippen MR) is 64.5 cm³/mol. The van der Waals surface area contributed by atoms with E-state index in [0.29, 0.717) is 18.7 Å². The van der Waals surface area contributed by atoms with Crippen molar-refractivity contribution in [2.75, 3.05) is 26.0 Å². The molecule has 1 atom stereocenters. The maximum Gasteiger partial charge on any atom is 0.175 e. The molecule has 1 aromatic carbocycles. The van der Waals surface area contributed by atoms with Crippen LogP contribution in [0.15, 0.2) is 29.2 Å². The second kappa shape index (κ2) is 6.11. The van der Waals surface area contributed by atoms with Crippen molar-refractivity contribution in [3.8, 4) is 0 Å². The van der Waals surface area contributed by atoms with Gasteiger partial charge in [0, 0.05) is 19.3 Å². The van der Waals surface area contributed by atoms with Gasteiger partial charge in [0.1, 0.15) is 0 Å². The van der Waals surface area contributed by atoms with Crippen LogP contribution in [0.4, 0.5) is 0 Å². The van der Waals surface area contributed by atoms with Crippen molar-refractivity contribution in [2.24, 2.45) is 0 Å². The average Bonchev–Trinajstić information content (AvgIpc) is 2.28. The Morgan fingerprint density at radius 1 is 1.29 bits per heavy atom. The first kappa shape index (κ1) is 14.1. The molecule has 3 N–H and O–H groups in total. The van der Waals surface area contributed by atoms with Gasteiger partial charge in [-0.15, -0.1) is 0 Å². The lowest BCUT2D eigenvalue weighted by atomic mass is 10.1. The third kappa shape index (κ3) is 4.43. The Morgan fingerprint density at radius 3 is 2.35 bits per heavy atom. The number of benzene rings is 1. The molecule has 0 aliphatic heterocycles. The molecule has 0 bridgehead atoms. The Kier molecular flexibility index (Phi) is 5.07. The number of rotatable bonds is 6. The summed E-state index contributed by atoms with van der Waals surface area (Å²) in [7, 11) is -3.20. The molecule has 96 valence electrons. The second-order valence-corrected chi connectivity index (χ2v) is 5.80. The smallest absolute Gasteiger partial charge is 0.175 e. The van der Waals surface area contributed by atoms with E-state index < -0.39 is 15.9 Å². The summed E-state index contributed by atoms with van der Waals surface area (Å²) in [6, 6.07) is 6.11. The molecular formula is C11H17NO4S. The maximum atomic E-state index is 11.2. The number of aliphatic hydroxyl groups is 2. The first-order chi connectivity index (χ1) is 7.95. The maximum absolute atomic E-state index is 11.2. The highest BCUT2D eigenvalue weighted by Crippen LogP contribution is 2.15. The minimum absolute atomic E-state index is 0.0136. The molecule has 0 saturated carbocycles. The summed E-state index contributed by atoms with van der Waals surface area (Å²) in [5, 5.41) is 21.2. The van der Waals surface area contributed by atoms with Crippen molar-refractivity contribution in [2.45, 2.75) is 11.0 Å². The van der Waals surface area contributed by atoms with Gasteiger partial charge in [0.25, 0.3) is 0 Å². The topological polar surface area (TPSA) is 86.6 Å². The highest BCUT2D eigenvalue weighted by Gasteiger charge is 2.10. The zero-order chi connectivity index (χ0) is 12.9. The number of hydrogen-bond donors (Lipinski definition) is 3. The normalized spacial score (nSPS) is 13.6. The summed E-state index contributed by atoms with van der Waals surface area (Å²) in [4.78, 5) is 0.233. The van der Waals surface area contributed by atoms with Crippen LogP contribution in [-0.2, 0) is 9.84 Å². The summed E-state index contributed by atoms with van der Waals surface area (Å²) < 4.78 is 22.4. The van der Waals surface area contributed by atoms with Gasteiger partial charge in [-0.3, -0.25) is 0 Å². The number of nitrogens with one attached hydrogen (secondary N) is 1. The van der Waals surface area contributed by atoms with Crippen molar-refractivity contribution in [3.63, 3.8) is 0 Å². The molecule has 0 amide bonds. The van der Waals surface area contributed by atoms with Gasteiger partial charge in [-0.25, -0.2) is 8.42 Å². The van der Waals surface area contributed by atoms with Crippen LogP contribution in [0.25, 0.3) is 0 Å². The molecule has 1 rings (SSSR count). The van der Waals surface area contributed by atoms with E-state index in [9.17, 15) is 13.5 Å². The van der Waals surface area contributed by atoms with Crippen LogP contribution in [-0.4, -0.2) is 44.6 Å². The van der Waals surface area contributed by atoms with Crippen LogP contribution < -0.4 is 5.32 Å². The number of hydrogen-bond acceptors (Lipinski definition) is 5. The van der Waals surface area contributed by atoms with E-state index in [-0.39, 0.29) is 11.5 Å². The van der Waals surface area contributed by atoms with Crippen molar-refractivity contribution in [1.29, 1.82) is 0 Å². The quantitative estimate of drug-likeness (QED) is 0.611. The first-order valence-corrected chi connectivity index (χ1v) is 7.14. The Morgan fingerprint density at radius 2 is 1.88 bits per heavy atom. The molecule has 0 aliphatic rings. The monoisotopic (exact) mass is 259 g/mol. The van der Waals surface area contributed by atoms with Gasteiger partial charge in [0.2, 0.25) is 0 Å². The lowest BCUT2D eigenvalue weighted by Gasteiger charge is -2.12. The summed E-state index contributed by atoms with van der Waals surface area (Å²) in [5.74, 6) is 0. The van der Waals surface area contributed by atoms with Crippen LogP contribution in [0.5, 0.6) is 0 Å². The zero-order valence-electron chi connectivity index (χ0n) is 9.63. The third-order valence-corrected chi connectivity index (χ3v) is 3.45. The van der Waals surface area contributed by atoms with Gasteiger partial charge >= 0.3 is 0 Å². The summed E-state index contributed by atoms with van der Waals surface area (Å²) in [6.45, 7) is 0.747. The van der Waals surface area contributed by atoms with Crippen LogP contribution >= 0.6 is 0 Å². The van der Waals surface area contributed by atoms with Crippen LogP contribution in [0.3, 0.4) is 0 Å². The zero-order valence-corrected chi connectivity index (χ0v) is 10.4. The Balaban J connectivity index is 2.67. The number of aliphatic hydroxyl groups excluding tert-OH is 2. The minimum Gasteiger partial charge on any atom is -0.395 e. The van der Waals surface area contributed by atoms with Crippen molar-refractivity contribution in [1.82, 2.24) is 5.32 Å². The largest absolute Gasteiger partial charge is 0.395 e. The molecule has 6 heteroatoms. The fourth-order valence-corrected chi connectivity index (χ4v) is 2.00. The van der Waals surface area contributed by atoms with E-state index >= 15 is 0 Å². The molecule has 0 spiro atoms. The lowest BCUT2D eigenvalue weighted by molar-refractivity contribution is 0.171. The fourth-order valence-electron chi connectivity index (χ4n) is 1.37. The molecule has 0 fully saturated rings. The van der Waals surface area contributed by atoms with Gasteiger partial charge in [-0.1, -0.05) is 12.1 Å². The molecule has 0 saturated heterocycles. The van der Waals surface area contributed by atoms with E-state index in [0.717, 1.165) is 6.26 Å². The van der Waals surface area contributed by atoms with Crippen LogP contribution in [0.1, 0.15) is 11.7 Å². The number of sulfone groups is 1. The first-order valence-electron chi connectivity index (χ1n) is 5.25. The van der Waals surface area contributed by atoms with E-state index in [1.807, 2.05) is 0 Å². The summed E-state index contributed by atoms with van der Waals surface area (Å²) in [6.07, 6.45) is 0.427. The molecule has 17 heavy (non-hydrogen) atoms. The third-order valence-electron chi connectivity index (χ3n) is 2.32. The highest BCUT2D eigenvalue weighted by molar-refractivity contribution is 7.90. The van der Waals surface area contributed by atoms with Gasteiger partial charge in [-0.2, -0.15) is 0 Å². The van der Waals surface area contributed by atoms with E-state index in [1.165, 1.54) is 12.1 Å². The Hall–Kier alpha value is -0.950. The second-order valence-electron chi connectivity index (χ2n) is 3.78. The minimum atomic E-state index is -3.20. The van der Waals surface area contributed by atoms with Crippen LogP contribution in [0.2, 0.25) is 0 Å². The SMILES string of the molecule is CS(=O)(=O)c1ccc(C(O)CNCCO)cc1. The molecule has 1 aromatic rings. The van der Waals surface area contributed by atoms with Crippen molar-refractivity contribution >= 4 is 9.84 Å². The van der Waals surface area contributed by atoms with Crippen molar-refractivity contribution < 1.29 is 18.6 Å². The highest BCUT2D eigenvalue weighted by atomic mass is 32.2. The van der Waals surface area contributed by atoms with E-state index in [4.69, 9.17) is 5.11 Å². The lowest BCUT2D eigenvalue weighted by Crippen LogP contribution is -2.24. The Labute approximate surface area is 101 Å². The van der Waals surface area contributed by atoms with Crippen molar-refractivity contribution in [3.05, 3.63) is 29.8 Å². The molecule has 0 aromatic heterocycles. The van der Waals surface area contributed by atoms with Gasteiger partial charge in [-0.05, 0) is 17.7 Å². The molecule has 0 aliphatic carbocycles. The average molecular weight is 259 g/mol. The molecule has 0 heterocycles. The molecule has 1 unspecified atom stereocenters. The van der Waals surface area contributed by atoms with E-state index in [2.05, 4.69) is 5.32 Å².